The topological polar surface area (TPSA) is 81.7 Å². The molecule has 0 aliphatic carbocycles. The first-order valence-corrected chi connectivity index (χ1v) is 5.09. The summed E-state index contributed by atoms with van der Waals surface area (Å²) in [6.45, 7) is 4.75. The maximum atomic E-state index is 5.63. The van der Waals surface area contributed by atoms with Crippen molar-refractivity contribution in [1.82, 2.24) is 19.7 Å². The highest BCUT2D eigenvalue weighted by molar-refractivity contribution is 5.45. The van der Waals surface area contributed by atoms with Gasteiger partial charge in [0, 0.05) is 18.8 Å². The molecule has 2 aromatic rings. The number of rotatable bonds is 3. The molecule has 0 bridgehead atoms. The fourth-order valence-electron chi connectivity index (χ4n) is 1.38. The zero-order valence-corrected chi connectivity index (χ0v) is 9.31. The van der Waals surface area contributed by atoms with Crippen LogP contribution in [-0.2, 0) is 0 Å². The standard InChI is InChI=1S/C10H14N6/c1-3-12-8-4-9(15-10(11)14-8)16-6-7(2)5-13-16/h4-6H,3H2,1-2H3,(H3,11,12,14,15). The number of hydrogen-bond donors (Lipinski definition) is 2. The number of nitrogens with two attached hydrogens (primary N) is 1. The first-order chi connectivity index (χ1) is 7.69. The van der Waals surface area contributed by atoms with Crippen LogP contribution in [0.2, 0.25) is 0 Å². The summed E-state index contributed by atoms with van der Waals surface area (Å²) in [4.78, 5) is 8.20. The molecular weight excluding hydrogens is 204 g/mol. The predicted octanol–water partition coefficient (Wildman–Crippen LogP) is 0.985. The molecule has 0 aromatic carbocycles. The number of hydrogen-bond acceptors (Lipinski definition) is 5. The van der Waals surface area contributed by atoms with Gasteiger partial charge in [0.1, 0.15) is 5.82 Å². The van der Waals surface area contributed by atoms with Gasteiger partial charge in [-0.1, -0.05) is 0 Å². The van der Waals surface area contributed by atoms with E-state index in [1.54, 1.807) is 10.9 Å². The van der Waals surface area contributed by atoms with Gasteiger partial charge >= 0.3 is 0 Å². The first-order valence-electron chi connectivity index (χ1n) is 5.09. The zero-order chi connectivity index (χ0) is 11.5. The van der Waals surface area contributed by atoms with E-state index in [0.717, 1.165) is 12.1 Å². The van der Waals surface area contributed by atoms with E-state index in [-0.39, 0.29) is 5.95 Å². The third-order valence-corrected chi connectivity index (χ3v) is 2.03. The Hall–Kier alpha value is -2.11. The van der Waals surface area contributed by atoms with Gasteiger partial charge in [-0.05, 0) is 19.4 Å². The second-order valence-electron chi connectivity index (χ2n) is 3.46. The lowest BCUT2D eigenvalue weighted by Gasteiger charge is -2.06. The van der Waals surface area contributed by atoms with Crippen LogP contribution >= 0.6 is 0 Å². The van der Waals surface area contributed by atoms with E-state index in [4.69, 9.17) is 5.73 Å². The van der Waals surface area contributed by atoms with Crippen LogP contribution in [0.1, 0.15) is 12.5 Å². The van der Waals surface area contributed by atoms with E-state index in [0.29, 0.717) is 11.6 Å². The van der Waals surface area contributed by atoms with Crippen molar-refractivity contribution in [3.05, 3.63) is 24.0 Å². The van der Waals surface area contributed by atoms with Gasteiger partial charge in [0.05, 0.1) is 6.20 Å². The highest BCUT2D eigenvalue weighted by Crippen LogP contribution is 2.11. The third kappa shape index (κ3) is 2.10. The quantitative estimate of drug-likeness (QED) is 0.802. The molecule has 16 heavy (non-hydrogen) atoms. The minimum atomic E-state index is 0.238. The highest BCUT2D eigenvalue weighted by Gasteiger charge is 2.04. The van der Waals surface area contributed by atoms with Crippen LogP contribution in [0.4, 0.5) is 11.8 Å². The monoisotopic (exact) mass is 218 g/mol. The molecule has 0 saturated heterocycles. The van der Waals surface area contributed by atoms with Crippen LogP contribution in [-0.4, -0.2) is 26.3 Å². The normalized spacial score (nSPS) is 10.4. The van der Waals surface area contributed by atoms with Gasteiger partial charge in [-0.3, -0.25) is 0 Å². The second-order valence-corrected chi connectivity index (χ2v) is 3.46. The van der Waals surface area contributed by atoms with Gasteiger partial charge in [0.25, 0.3) is 0 Å². The third-order valence-electron chi connectivity index (χ3n) is 2.03. The summed E-state index contributed by atoms with van der Waals surface area (Å²) < 4.78 is 1.67. The molecule has 2 aromatic heterocycles. The summed E-state index contributed by atoms with van der Waals surface area (Å²) in [5.74, 6) is 1.61. The van der Waals surface area contributed by atoms with Gasteiger partial charge in [-0.25, -0.2) is 4.68 Å². The van der Waals surface area contributed by atoms with E-state index >= 15 is 0 Å². The Bertz CT molecular complexity index is 490. The molecule has 0 saturated carbocycles. The Morgan fingerprint density at radius 1 is 1.44 bits per heavy atom. The second kappa shape index (κ2) is 4.18. The van der Waals surface area contributed by atoms with Gasteiger partial charge < -0.3 is 11.1 Å². The molecule has 6 nitrogen and oxygen atoms in total. The number of nitrogens with zero attached hydrogens (tertiary/aromatic N) is 4. The summed E-state index contributed by atoms with van der Waals surface area (Å²) >= 11 is 0. The molecule has 0 spiro atoms. The fraction of sp³-hybridized carbons (Fsp3) is 0.300. The van der Waals surface area contributed by atoms with E-state index in [2.05, 4.69) is 20.4 Å². The van der Waals surface area contributed by atoms with Crippen LogP contribution in [0, 0.1) is 6.92 Å². The number of nitrogen functional groups attached to an aromatic ring is 1. The minimum absolute atomic E-state index is 0.238. The van der Waals surface area contributed by atoms with E-state index in [1.807, 2.05) is 26.1 Å². The lowest BCUT2D eigenvalue weighted by molar-refractivity contribution is 0.842. The fourth-order valence-corrected chi connectivity index (χ4v) is 1.38. The average molecular weight is 218 g/mol. The molecule has 6 heteroatoms. The smallest absolute Gasteiger partial charge is 0.224 e. The number of aromatic nitrogens is 4. The Balaban J connectivity index is 2.40. The Morgan fingerprint density at radius 3 is 2.88 bits per heavy atom. The van der Waals surface area contributed by atoms with Gasteiger partial charge in [0.15, 0.2) is 5.82 Å². The molecule has 0 unspecified atom stereocenters. The Kier molecular flexibility index (Phi) is 2.72. The highest BCUT2D eigenvalue weighted by atomic mass is 15.3. The zero-order valence-electron chi connectivity index (χ0n) is 9.31. The first kappa shape index (κ1) is 10.4. The van der Waals surface area contributed by atoms with Crippen molar-refractivity contribution < 1.29 is 0 Å². The van der Waals surface area contributed by atoms with E-state index in [1.165, 1.54) is 0 Å². The van der Waals surface area contributed by atoms with E-state index < -0.39 is 0 Å². The molecule has 84 valence electrons. The van der Waals surface area contributed by atoms with Gasteiger partial charge in [-0.15, -0.1) is 0 Å². The van der Waals surface area contributed by atoms with Crippen molar-refractivity contribution in [1.29, 1.82) is 0 Å². The van der Waals surface area contributed by atoms with Crippen LogP contribution in [0.25, 0.3) is 5.82 Å². The SMILES string of the molecule is CCNc1cc(-n2cc(C)cn2)nc(N)n1. The van der Waals surface area contributed by atoms with Gasteiger partial charge in [0.2, 0.25) is 5.95 Å². The van der Waals surface area contributed by atoms with E-state index in [9.17, 15) is 0 Å². The minimum Gasteiger partial charge on any atom is -0.370 e. The van der Waals surface area contributed by atoms with Crippen LogP contribution < -0.4 is 11.1 Å². The number of aryl methyl sites for hydroxylation is 1. The summed E-state index contributed by atoms with van der Waals surface area (Å²) in [6.07, 6.45) is 3.66. The van der Waals surface area contributed by atoms with Crippen LogP contribution in [0.15, 0.2) is 18.5 Å². The number of anilines is 2. The molecule has 0 radical (unpaired) electrons. The molecule has 3 N–H and O–H groups in total. The summed E-state index contributed by atoms with van der Waals surface area (Å²) in [5, 5.41) is 7.26. The molecule has 2 heterocycles. The van der Waals surface area contributed by atoms with Crippen molar-refractivity contribution in [2.24, 2.45) is 0 Å². The van der Waals surface area contributed by atoms with Crippen molar-refractivity contribution >= 4 is 11.8 Å². The summed E-state index contributed by atoms with van der Waals surface area (Å²) in [5.41, 5.74) is 6.70. The van der Waals surface area contributed by atoms with Crippen molar-refractivity contribution in [2.45, 2.75) is 13.8 Å². The Labute approximate surface area is 93.5 Å². The number of nitrogens with one attached hydrogen (secondary N) is 1. The predicted molar refractivity (Wildman–Crippen MR) is 62.5 cm³/mol. The van der Waals surface area contributed by atoms with Gasteiger partial charge in [-0.2, -0.15) is 15.1 Å². The summed E-state index contributed by atoms with van der Waals surface area (Å²) in [6, 6.07) is 1.81. The largest absolute Gasteiger partial charge is 0.370 e. The average Bonchev–Trinajstić information content (AvgIpc) is 2.64. The lowest BCUT2D eigenvalue weighted by atomic mass is 10.4. The molecule has 0 amide bonds. The lowest BCUT2D eigenvalue weighted by Crippen LogP contribution is -2.07. The van der Waals surface area contributed by atoms with Crippen molar-refractivity contribution in [3.63, 3.8) is 0 Å². The van der Waals surface area contributed by atoms with Crippen LogP contribution in [0.5, 0.6) is 0 Å². The maximum absolute atomic E-state index is 5.63. The van der Waals surface area contributed by atoms with Crippen molar-refractivity contribution in [2.75, 3.05) is 17.6 Å². The molecule has 0 fully saturated rings. The molecule has 0 aliphatic heterocycles. The maximum Gasteiger partial charge on any atom is 0.224 e. The van der Waals surface area contributed by atoms with Crippen molar-refractivity contribution in [3.8, 4) is 5.82 Å². The summed E-state index contributed by atoms with van der Waals surface area (Å²) in [7, 11) is 0. The molecule has 0 atom stereocenters. The van der Waals surface area contributed by atoms with Crippen LogP contribution in [0.3, 0.4) is 0 Å². The molecular formula is C10H14N6. The Morgan fingerprint density at radius 2 is 2.25 bits per heavy atom. The molecule has 0 aliphatic rings. The molecule has 2 rings (SSSR count).